The molecule has 0 amide bonds. The van der Waals surface area contributed by atoms with Crippen LogP contribution in [-0.2, 0) is 6.42 Å². The van der Waals surface area contributed by atoms with Crippen LogP contribution in [0.15, 0.2) is 47.1 Å². The standard InChI is InChI=1S/C18H18N8O3/c1-24(10-2-4-12-6-8-13(9-7-12)26(27)28)17-21-16(19)25-18(22-17)20-15(23-25)14-5-3-11-29-14/h3,5-9,11H,2,4,10H2,1H3,(H2,19,20,21,22,23). The van der Waals surface area contributed by atoms with Crippen LogP contribution < -0.4 is 10.6 Å². The Balaban J connectivity index is 1.44. The van der Waals surface area contributed by atoms with Crippen molar-refractivity contribution in [2.45, 2.75) is 12.8 Å². The summed E-state index contributed by atoms with van der Waals surface area (Å²) >= 11 is 0. The predicted molar refractivity (Wildman–Crippen MR) is 105 cm³/mol. The number of nitrogens with two attached hydrogens (primary N) is 1. The molecule has 0 atom stereocenters. The van der Waals surface area contributed by atoms with Crippen LogP contribution in [0.25, 0.3) is 17.4 Å². The summed E-state index contributed by atoms with van der Waals surface area (Å²) in [6.45, 7) is 0.672. The van der Waals surface area contributed by atoms with Crippen LogP contribution in [0.3, 0.4) is 0 Å². The van der Waals surface area contributed by atoms with Gasteiger partial charge in [-0.2, -0.15) is 19.5 Å². The largest absolute Gasteiger partial charge is 0.461 e. The fourth-order valence-corrected chi connectivity index (χ4v) is 2.88. The van der Waals surface area contributed by atoms with Gasteiger partial charge in [-0.15, -0.1) is 5.10 Å². The van der Waals surface area contributed by atoms with Gasteiger partial charge in [0.25, 0.3) is 11.5 Å². The highest BCUT2D eigenvalue weighted by Crippen LogP contribution is 2.19. The van der Waals surface area contributed by atoms with Crippen molar-refractivity contribution in [3.05, 3.63) is 58.3 Å². The molecule has 3 aromatic heterocycles. The van der Waals surface area contributed by atoms with E-state index in [4.69, 9.17) is 10.2 Å². The van der Waals surface area contributed by atoms with Crippen LogP contribution in [0, 0.1) is 10.1 Å². The summed E-state index contributed by atoms with van der Waals surface area (Å²) in [6.07, 6.45) is 3.13. The van der Waals surface area contributed by atoms with E-state index in [1.54, 1.807) is 30.5 Å². The third-order valence-corrected chi connectivity index (χ3v) is 4.41. The second-order valence-corrected chi connectivity index (χ2v) is 6.45. The number of hydrogen-bond donors (Lipinski definition) is 1. The van der Waals surface area contributed by atoms with Crippen molar-refractivity contribution in [1.29, 1.82) is 0 Å². The van der Waals surface area contributed by atoms with Gasteiger partial charge >= 0.3 is 0 Å². The zero-order chi connectivity index (χ0) is 20.4. The van der Waals surface area contributed by atoms with Crippen LogP contribution in [0.1, 0.15) is 12.0 Å². The topological polar surface area (TPSA) is 142 Å². The molecule has 0 aliphatic heterocycles. The highest BCUT2D eigenvalue weighted by atomic mass is 16.6. The molecule has 3 heterocycles. The average molecular weight is 394 g/mol. The van der Waals surface area contributed by atoms with Crippen LogP contribution in [0.2, 0.25) is 0 Å². The molecular weight excluding hydrogens is 376 g/mol. The number of hydrogen-bond acceptors (Lipinski definition) is 9. The van der Waals surface area contributed by atoms with Gasteiger partial charge in [0.2, 0.25) is 17.7 Å². The van der Waals surface area contributed by atoms with E-state index in [-0.39, 0.29) is 11.6 Å². The van der Waals surface area contributed by atoms with Crippen LogP contribution in [0.4, 0.5) is 17.6 Å². The maximum atomic E-state index is 10.7. The third kappa shape index (κ3) is 3.83. The smallest absolute Gasteiger partial charge is 0.269 e. The highest BCUT2D eigenvalue weighted by molar-refractivity contribution is 5.53. The molecule has 0 fully saturated rings. The van der Waals surface area contributed by atoms with Crippen LogP contribution in [-0.4, -0.2) is 43.1 Å². The normalized spacial score (nSPS) is 11.1. The molecule has 148 valence electrons. The van der Waals surface area contributed by atoms with Gasteiger partial charge in [0.1, 0.15) is 0 Å². The Morgan fingerprint density at radius 3 is 2.69 bits per heavy atom. The van der Waals surface area contributed by atoms with Crippen molar-refractivity contribution < 1.29 is 9.34 Å². The third-order valence-electron chi connectivity index (χ3n) is 4.41. The Labute approximate surface area is 165 Å². The van der Waals surface area contributed by atoms with Crippen molar-refractivity contribution in [2.24, 2.45) is 0 Å². The van der Waals surface area contributed by atoms with Crippen LogP contribution >= 0.6 is 0 Å². The van der Waals surface area contributed by atoms with Crippen LogP contribution in [0.5, 0.6) is 0 Å². The van der Waals surface area contributed by atoms with Gasteiger partial charge in [-0.3, -0.25) is 10.1 Å². The van der Waals surface area contributed by atoms with Gasteiger partial charge in [0.05, 0.1) is 11.2 Å². The highest BCUT2D eigenvalue weighted by Gasteiger charge is 2.15. The maximum Gasteiger partial charge on any atom is 0.269 e. The Hall–Kier alpha value is -4.02. The minimum Gasteiger partial charge on any atom is -0.461 e. The van der Waals surface area contributed by atoms with Gasteiger partial charge < -0.3 is 15.1 Å². The fraction of sp³-hybridized carbons (Fsp3) is 0.222. The molecule has 11 heteroatoms. The van der Waals surface area contributed by atoms with E-state index < -0.39 is 4.92 Å². The van der Waals surface area contributed by atoms with Crippen molar-refractivity contribution in [1.82, 2.24) is 24.6 Å². The molecule has 0 saturated heterocycles. The number of anilines is 2. The summed E-state index contributed by atoms with van der Waals surface area (Å²) in [5.74, 6) is 1.86. The van der Waals surface area contributed by atoms with Gasteiger partial charge in [0, 0.05) is 25.7 Å². The Bertz CT molecular complexity index is 1140. The van der Waals surface area contributed by atoms with E-state index in [9.17, 15) is 10.1 Å². The van der Waals surface area contributed by atoms with E-state index in [2.05, 4.69) is 20.1 Å². The van der Waals surface area contributed by atoms with E-state index >= 15 is 0 Å². The Morgan fingerprint density at radius 2 is 2.00 bits per heavy atom. The first-order valence-corrected chi connectivity index (χ1v) is 8.90. The van der Waals surface area contributed by atoms with Crippen molar-refractivity contribution in [3.8, 4) is 11.6 Å². The molecule has 1 aromatic carbocycles. The summed E-state index contributed by atoms with van der Waals surface area (Å²) in [5, 5.41) is 15.0. The number of benzene rings is 1. The summed E-state index contributed by atoms with van der Waals surface area (Å²) in [6, 6.07) is 10.1. The number of aryl methyl sites for hydroxylation is 1. The van der Waals surface area contributed by atoms with E-state index in [0.717, 1.165) is 18.4 Å². The first-order valence-electron chi connectivity index (χ1n) is 8.90. The van der Waals surface area contributed by atoms with E-state index in [0.29, 0.717) is 29.9 Å². The summed E-state index contributed by atoms with van der Waals surface area (Å²) in [4.78, 5) is 25.3. The number of aromatic nitrogens is 5. The molecule has 4 aromatic rings. The molecular formula is C18H18N8O3. The molecule has 4 rings (SSSR count). The predicted octanol–water partition coefficient (Wildman–Crippen LogP) is 2.34. The lowest BCUT2D eigenvalue weighted by Gasteiger charge is -2.17. The summed E-state index contributed by atoms with van der Waals surface area (Å²) in [7, 11) is 1.87. The number of nitro benzene ring substituents is 1. The maximum absolute atomic E-state index is 10.7. The molecule has 2 N–H and O–H groups in total. The lowest BCUT2D eigenvalue weighted by molar-refractivity contribution is -0.384. The number of nitro groups is 1. The fourth-order valence-electron chi connectivity index (χ4n) is 2.88. The Morgan fingerprint density at radius 1 is 1.21 bits per heavy atom. The number of fused-ring (bicyclic) bond motifs is 1. The number of nitrogen functional groups attached to an aromatic ring is 1. The quantitative estimate of drug-likeness (QED) is 0.369. The monoisotopic (exact) mass is 394 g/mol. The van der Waals surface area contributed by atoms with Crippen molar-refractivity contribution in [3.63, 3.8) is 0 Å². The van der Waals surface area contributed by atoms with Crippen molar-refractivity contribution in [2.75, 3.05) is 24.2 Å². The number of furan rings is 1. The molecule has 0 spiro atoms. The van der Waals surface area contributed by atoms with Gasteiger partial charge in [-0.25, -0.2) is 0 Å². The number of nitrogens with zero attached hydrogens (tertiary/aromatic N) is 7. The first kappa shape index (κ1) is 18.3. The molecule has 0 radical (unpaired) electrons. The average Bonchev–Trinajstić information content (AvgIpc) is 3.38. The molecule has 29 heavy (non-hydrogen) atoms. The minimum atomic E-state index is -0.406. The zero-order valence-corrected chi connectivity index (χ0v) is 15.6. The second-order valence-electron chi connectivity index (χ2n) is 6.45. The first-order chi connectivity index (χ1) is 14.0. The zero-order valence-electron chi connectivity index (χ0n) is 15.6. The Kier molecular flexibility index (Phi) is 4.77. The summed E-state index contributed by atoms with van der Waals surface area (Å²) in [5.41, 5.74) is 7.13. The molecule has 0 aliphatic carbocycles. The lowest BCUT2D eigenvalue weighted by atomic mass is 10.1. The second kappa shape index (κ2) is 7.54. The number of rotatable bonds is 7. The van der Waals surface area contributed by atoms with Gasteiger partial charge in [-0.1, -0.05) is 12.1 Å². The summed E-state index contributed by atoms with van der Waals surface area (Å²) < 4.78 is 6.67. The SMILES string of the molecule is CN(CCCc1ccc([N+](=O)[O-])cc1)c1nc(N)n2nc(-c3ccco3)nc2n1. The van der Waals surface area contributed by atoms with Gasteiger partial charge in [0.15, 0.2) is 5.76 Å². The van der Waals surface area contributed by atoms with E-state index in [1.165, 1.54) is 16.6 Å². The molecule has 0 saturated carbocycles. The lowest BCUT2D eigenvalue weighted by Crippen LogP contribution is -2.23. The molecule has 0 aliphatic rings. The van der Waals surface area contributed by atoms with E-state index in [1.807, 2.05) is 11.9 Å². The van der Waals surface area contributed by atoms with Gasteiger partial charge in [-0.05, 0) is 30.5 Å². The number of non-ortho nitro benzene ring substituents is 1. The molecule has 0 unspecified atom stereocenters. The molecule has 0 bridgehead atoms. The molecule has 11 nitrogen and oxygen atoms in total. The van der Waals surface area contributed by atoms with Crippen molar-refractivity contribution >= 4 is 23.4 Å². The minimum absolute atomic E-state index is 0.0882.